The average Bonchev–Trinajstić information content (AvgIpc) is 2.64. The minimum Gasteiger partial charge on any atom is -0.466 e. The minimum atomic E-state index is -0.484. The summed E-state index contributed by atoms with van der Waals surface area (Å²) < 4.78 is 5.27. The number of amidine groups is 1. The van der Waals surface area contributed by atoms with Crippen LogP contribution in [0, 0.1) is 13.8 Å². The topological polar surface area (TPSA) is 101 Å². The lowest BCUT2D eigenvalue weighted by Gasteiger charge is -2.14. The first kappa shape index (κ1) is 13.1. The van der Waals surface area contributed by atoms with Gasteiger partial charge in [0.2, 0.25) is 0 Å². The van der Waals surface area contributed by atoms with Gasteiger partial charge >= 0.3 is 0 Å². The second-order valence-corrected chi connectivity index (χ2v) is 3.79. The molecule has 1 rings (SSSR count). The number of nitrogens with two attached hydrogens (primary N) is 1. The van der Waals surface area contributed by atoms with Gasteiger partial charge in [-0.25, -0.2) is 0 Å². The Bertz CT molecular complexity index is 437. The number of amides is 1. The van der Waals surface area contributed by atoms with Crippen LogP contribution in [0.25, 0.3) is 0 Å². The predicted octanol–water partition coefficient (Wildman–Crippen LogP) is 1.15. The molecule has 4 N–H and O–H groups in total. The number of hydrogen-bond acceptors (Lipinski definition) is 4. The molecule has 0 saturated heterocycles. The summed E-state index contributed by atoms with van der Waals surface area (Å²) in [6, 6.07) is 1.17. The van der Waals surface area contributed by atoms with Gasteiger partial charge in [-0.3, -0.25) is 4.79 Å². The van der Waals surface area contributed by atoms with Crippen LogP contribution in [0.15, 0.2) is 15.6 Å². The summed E-state index contributed by atoms with van der Waals surface area (Å²) in [7, 11) is 0. The third-order valence-electron chi connectivity index (χ3n) is 2.47. The molecule has 0 bridgehead atoms. The van der Waals surface area contributed by atoms with Crippen molar-refractivity contribution in [3.05, 3.63) is 23.2 Å². The molecule has 6 nitrogen and oxygen atoms in total. The smallest absolute Gasteiger partial charge is 0.255 e. The summed E-state index contributed by atoms with van der Waals surface area (Å²) in [5.74, 6) is 0.912. The zero-order valence-electron chi connectivity index (χ0n) is 10.2. The van der Waals surface area contributed by atoms with E-state index in [0.29, 0.717) is 23.5 Å². The molecule has 17 heavy (non-hydrogen) atoms. The van der Waals surface area contributed by atoms with Crippen LogP contribution in [-0.4, -0.2) is 23.0 Å². The summed E-state index contributed by atoms with van der Waals surface area (Å²) in [6.45, 7) is 5.31. The van der Waals surface area contributed by atoms with Crippen LogP contribution >= 0.6 is 0 Å². The van der Waals surface area contributed by atoms with E-state index in [1.54, 1.807) is 19.9 Å². The molecule has 1 atom stereocenters. The fourth-order valence-corrected chi connectivity index (χ4v) is 1.55. The molecule has 0 aliphatic carbocycles. The van der Waals surface area contributed by atoms with Crippen molar-refractivity contribution in [3.8, 4) is 0 Å². The number of carbonyl (C=O) groups is 1. The largest absolute Gasteiger partial charge is 0.466 e. The van der Waals surface area contributed by atoms with E-state index in [-0.39, 0.29) is 11.7 Å². The SMILES string of the molecule is CCC(NC(=O)c1cc(C)oc1C)/C(N)=N/O. The molecule has 0 saturated carbocycles. The maximum Gasteiger partial charge on any atom is 0.255 e. The van der Waals surface area contributed by atoms with E-state index in [1.165, 1.54) is 0 Å². The van der Waals surface area contributed by atoms with Crippen LogP contribution in [0.4, 0.5) is 0 Å². The van der Waals surface area contributed by atoms with E-state index in [4.69, 9.17) is 15.4 Å². The molecule has 94 valence electrons. The maximum absolute atomic E-state index is 11.9. The van der Waals surface area contributed by atoms with Crippen LogP contribution in [0.1, 0.15) is 35.2 Å². The van der Waals surface area contributed by atoms with Crippen LogP contribution in [0.5, 0.6) is 0 Å². The van der Waals surface area contributed by atoms with Crippen molar-refractivity contribution >= 4 is 11.7 Å². The van der Waals surface area contributed by atoms with Gasteiger partial charge in [0, 0.05) is 0 Å². The Hall–Kier alpha value is -1.98. The predicted molar refractivity (Wildman–Crippen MR) is 63.1 cm³/mol. The van der Waals surface area contributed by atoms with Crippen molar-refractivity contribution in [3.63, 3.8) is 0 Å². The highest BCUT2D eigenvalue weighted by Gasteiger charge is 2.19. The fraction of sp³-hybridized carbons (Fsp3) is 0.455. The van der Waals surface area contributed by atoms with Gasteiger partial charge in [0.25, 0.3) is 5.91 Å². The Morgan fingerprint density at radius 3 is 2.71 bits per heavy atom. The van der Waals surface area contributed by atoms with Gasteiger partial charge in [-0.2, -0.15) is 0 Å². The van der Waals surface area contributed by atoms with E-state index in [1.807, 2.05) is 6.92 Å². The molecule has 0 aliphatic heterocycles. The summed E-state index contributed by atoms with van der Waals surface area (Å²) in [6.07, 6.45) is 0.539. The molecular weight excluding hydrogens is 222 g/mol. The van der Waals surface area contributed by atoms with E-state index in [0.717, 1.165) is 0 Å². The zero-order chi connectivity index (χ0) is 13.0. The number of aryl methyl sites for hydroxylation is 2. The minimum absolute atomic E-state index is 0.0151. The van der Waals surface area contributed by atoms with Crippen LogP contribution in [0.3, 0.4) is 0 Å². The van der Waals surface area contributed by atoms with Crippen molar-refractivity contribution < 1.29 is 14.4 Å². The molecular formula is C11H17N3O3. The first-order chi connectivity index (χ1) is 7.99. The molecule has 0 fully saturated rings. The monoisotopic (exact) mass is 239 g/mol. The summed E-state index contributed by atoms with van der Waals surface area (Å²) in [4.78, 5) is 11.9. The van der Waals surface area contributed by atoms with Gasteiger partial charge in [0.1, 0.15) is 11.5 Å². The molecule has 0 aliphatic rings. The van der Waals surface area contributed by atoms with Crippen LogP contribution in [0.2, 0.25) is 0 Å². The molecule has 1 amide bonds. The van der Waals surface area contributed by atoms with Crippen molar-refractivity contribution in [1.29, 1.82) is 0 Å². The molecule has 0 spiro atoms. The Morgan fingerprint density at radius 1 is 1.65 bits per heavy atom. The molecule has 0 aromatic carbocycles. The highest BCUT2D eigenvalue weighted by molar-refractivity contribution is 5.98. The summed E-state index contributed by atoms with van der Waals surface area (Å²) in [5, 5.41) is 14.1. The van der Waals surface area contributed by atoms with E-state index < -0.39 is 6.04 Å². The Kier molecular flexibility index (Phi) is 4.14. The Morgan fingerprint density at radius 2 is 2.29 bits per heavy atom. The second kappa shape index (κ2) is 5.38. The van der Waals surface area contributed by atoms with Crippen LogP contribution < -0.4 is 11.1 Å². The number of nitrogens with zero attached hydrogens (tertiary/aromatic N) is 1. The number of nitrogens with one attached hydrogen (secondary N) is 1. The van der Waals surface area contributed by atoms with Gasteiger partial charge < -0.3 is 20.7 Å². The fourth-order valence-electron chi connectivity index (χ4n) is 1.55. The van der Waals surface area contributed by atoms with Crippen LogP contribution in [-0.2, 0) is 0 Å². The Balaban J connectivity index is 2.81. The summed E-state index contributed by atoms with van der Waals surface area (Å²) in [5.41, 5.74) is 5.92. The summed E-state index contributed by atoms with van der Waals surface area (Å²) >= 11 is 0. The zero-order valence-corrected chi connectivity index (χ0v) is 10.2. The quantitative estimate of drug-likeness (QED) is 0.317. The van der Waals surface area contributed by atoms with E-state index >= 15 is 0 Å². The lowest BCUT2D eigenvalue weighted by molar-refractivity contribution is 0.0944. The maximum atomic E-state index is 11.9. The molecule has 1 aromatic rings. The lowest BCUT2D eigenvalue weighted by Crippen LogP contribution is -2.44. The van der Waals surface area contributed by atoms with Gasteiger partial charge in [0.15, 0.2) is 5.84 Å². The van der Waals surface area contributed by atoms with Crippen molar-refractivity contribution in [2.45, 2.75) is 33.2 Å². The van der Waals surface area contributed by atoms with Gasteiger partial charge in [-0.15, -0.1) is 0 Å². The van der Waals surface area contributed by atoms with Crippen molar-refractivity contribution in [1.82, 2.24) is 5.32 Å². The number of rotatable bonds is 4. The van der Waals surface area contributed by atoms with Crippen molar-refractivity contribution in [2.24, 2.45) is 10.9 Å². The van der Waals surface area contributed by atoms with E-state index in [9.17, 15) is 4.79 Å². The third kappa shape index (κ3) is 2.99. The van der Waals surface area contributed by atoms with Gasteiger partial charge in [-0.05, 0) is 26.3 Å². The highest BCUT2D eigenvalue weighted by Crippen LogP contribution is 2.13. The standard InChI is InChI=1S/C11H17N3O3/c1-4-9(10(12)14-16)13-11(15)8-5-6(2)17-7(8)3/h5,9,16H,4H2,1-3H3,(H2,12,14)(H,13,15). The molecule has 1 aromatic heterocycles. The lowest BCUT2D eigenvalue weighted by atomic mass is 10.1. The first-order valence-electron chi connectivity index (χ1n) is 5.34. The van der Waals surface area contributed by atoms with Gasteiger partial charge in [0.05, 0.1) is 11.6 Å². The molecule has 6 heteroatoms. The first-order valence-corrected chi connectivity index (χ1v) is 5.34. The van der Waals surface area contributed by atoms with Crippen molar-refractivity contribution in [2.75, 3.05) is 0 Å². The normalized spacial score (nSPS) is 13.5. The number of furan rings is 1. The van der Waals surface area contributed by atoms with E-state index in [2.05, 4.69) is 10.5 Å². The molecule has 1 heterocycles. The second-order valence-electron chi connectivity index (χ2n) is 3.79. The Labute approximate surface area is 99.5 Å². The molecule has 0 radical (unpaired) electrons. The number of carbonyl (C=O) groups excluding carboxylic acids is 1. The molecule has 1 unspecified atom stereocenters. The number of oxime groups is 1. The van der Waals surface area contributed by atoms with Gasteiger partial charge in [-0.1, -0.05) is 12.1 Å². The average molecular weight is 239 g/mol. The highest BCUT2D eigenvalue weighted by atomic mass is 16.4. The third-order valence-corrected chi connectivity index (χ3v) is 2.47. The number of hydrogen-bond donors (Lipinski definition) is 3.